The highest BCUT2D eigenvalue weighted by Gasteiger charge is 2.16. The van der Waals surface area contributed by atoms with Gasteiger partial charge in [-0.1, -0.05) is 42.5 Å². The van der Waals surface area contributed by atoms with Crippen LogP contribution in [0.2, 0.25) is 0 Å². The van der Waals surface area contributed by atoms with Crippen LogP contribution in [0.3, 0.4) is 0 Å². The van der Waals surface area contributed by atoms with E-state index < -0.39 is 0 Å². The maximum absolute atomic E-state index is 12.3. The standard InChI is InChI=1S/C20H17NOS/c22-19(13-23-16-6-2-1-3-7-16)21-18-12-11-15-10-9-14-5-4-8-17(18)20(14)15/h1-8,11-12H,9-10,13H2,(H,21,22). The summed E-state index contributed by atoms with van der Waals surface area (Å²) in [5.74, 6) is 0.463. The fourth-order valence-electron chi connectivity index (χ4n) is 3.21. The molecule has 1 aliphatic rings. The Labute approximate surface area is 139 Å². The molecule has 0 heterocycles. The van der Waals surface area contributed by atoms with E-state index in [0.29, 0.717) is 5.75 Å². The number of hydrogen-bond acceptors (Lipinski definition) is 2. The van der Waals surface area contributed by atoms with Gasteiger partial charge in [-0.3, -0.25) is 4.79 Å². The number of aryl methyl sites for hydroxylation is 2. The van der Waals surface area contributed by atoms with Crippen molar-refractivity contribution in [2.24, 2.45) is 0 Å². The van der Waals surface area contributed by atoms with E-state index in [1.807, 2.05) is 36.4 Å². The minimum Gasteiger partial charge on any atom is -0.325 e. The summed E-state index contributed by atoms with van der Waals surface area (Å²) in [5, 5.41) is 5.57. The highest BCUT2D eigenvalue weighted by atomic mass is 32.2. The second-order valence-electron chi connectivity index (χ2n) is 5.76. The van der Waals surface area contributed by atoms with E-state index in [4.69, 9.17) is 0 Å². The summed E-state index contributed by atoms with van der Waals surface area (Å²) in [6.45, 7) is 0. The van der Waals surface area contributed by atoms with Crippen LogP contribution >= 0.6 is 11.8 Å². The molecule has 0 unspecified atom stereocenters. The average Bonchev–Trinajstić information content (AvgIpc) is 3.01. The van der Waals surface area contributed by atoms with Gasteiger partial charge in [0.2, 0.25) is 5.91 Å². The quantitative estimate of drug-likeness (QED) is 0.708. The number of amides is 1. The first-order valence-corrected chi connectivity index (χ1v) is 8.81. The zero-order valence-corrected chi connectivity index (χ0v) is 13.5. The lowest BCUT2D eigenvalue weighted by molar-refractivity contribution is -0.113. The van der Waals surface area contributed by atoms with Crippen LogP contribution in [0.25, 0.3) is 10.8 Å². The highest BCUT2D eigenvalue weighted by Crippen LogP contribution is 2.35. The molecule has 114 valence electrons. The SMILES string of the molecule is O=C(CSc1ccccc1)Nc1ccc2c3c(cccc13)CC2. The maximum Gasteiger partial charge on any atom is 0.234 e. The number of hydrogen-bond donors (Lipinski definition) is 1. The summed E-state index contributed by atoms with van der Waals surface area (Å²) in [6, 6.07) is 20.6. The maximum atomic E-state index is 12.3. The molecule has 0 aliphatic heterocycles. The molecule has 0 radical (unpaired) electrons. The molecule has 3 aromatic rings. The average molecular weight is 319 g/mol. The molecule has 2 nitrogen and oxygen atoms in total. The molecule has 23 heavy (non-hydrogen) atoms. The van der Waals surface area contributed by atoms with Crippen LogP contribution in [0.5, 0.6) is 0 Å². The van der Waals surface area contributed by atoms with Gasteiger partial charge in [-0.2, -0.15) is 0 Å². The fraction of sp³-hybridized carbons (Fsp3) is 0.150. The summed E-state index contributed by atoms with van der Waals surface area (Å²) in [6.07, 6.45) is 2.21. The van der Waals surface area contributed by atoms with Crippen LogP contribution < -0.4 is 5.32 Å². The number of anilines is 1. The van der Waals surface area contributed by atoms with E-state index in [1.165, 1.54) is 16.5 Å². The lowest BCUT2D eigenvalue weighted by Gasteiger charge is -2.10. The lowest BCUT2D eigenvalue weighted by atomic mass is 10.0. The minimum absolute atomic E-state index is 0.0394. The second kappa shape index (κ2) is 6.09. The van der Waals surface area contributed by atoms with Gasteiger partial charge in [0.25, 0.3) is 0 Å². The molecule has 1 amide bonds. The largest absolute Gasteiger partial charge is 0.325 e. The van der Waals surface area contributed by atoms with Crippen LogP contribution in [0, 0.1) is 0 Å². The van der Waals surface area contributed by atoms with Crippen LogP contribution in [0.4, 0.5) is 5.69 Å². The second-order valence-corrected chi connectivity index (χ2v) is 6.81. The number of carbonyl (C=O) groups is 1. The first kappa shape index (κ1) is 14.3. The van der Waals surface area contributed by atoms with Crippen LogP contribution in [-0.2, 0) is 17.6 Å². The molecule has 0 bridgehead atoms. The van der Waals surface area contributed by atoms with E-state index in [9.17, 15) is 4.79 Å². The van der Waals surface area contributed by atoms with Gasteiger partial charge >= 0.3 is 0 Å². The molecule has 1 N–H and O–H groups in total. The van der Waals surface area contributed by atoms with Gasteiger partial charge in [0, 0.05) is 16.0 Å². The number of nitrogens with one attached hydrogen (secondary N) is 1. The Morgan fingerprint density at radius 3 is 2.52 bits per heavy atom. The van der Waals surface area contributed by atoms with E-state index in [0.717, 1.165) is 28.8 Å². The van der Waals surface area contributed by atoms with E-state index in [2.05, 4.69) is 29.6 Å². The monoisotopic (exact) mass is 319 g/mol. The predicted molar refractivity (Wildman–Crippen MR) is 97.2 cm³/mol. The zero-order valence-electron chi connectivity index (χ0n) is 12.7. The molecule has 3 heteroatoms. The van der Waals surface area contributed by atoms with E-state index in [-0.39, 0.29) is 5.91 Å². The smallest absolute Gasteiger partial charge is 0.234 e. The Morgan fingerprint density at radius 2 is 1.70 bits per heavy atom. The molecule has 0 atom stereocenters. The molecular formula is C20H17NOS. The van der Waals surface area contributed by atoms with Crippen molar-refractivity contribution in [2.75, 3.05) is 11.1 Å². The Kier molecular flexibility index (Phi) is 3.80. The van der Waals surface area contributed by atoms with Crippen LogP contribution in [-0.4, -0.2) is 11.7 Å². The van der Waals surface area contributed by atoms with Crippen molar-refractivity contribution < 1.29 is 4.79 Å². The normalized spacial score (nSPS) is 12.5. The van der Waals surface area contributed by atoms with Crippen LogP contribution in [0.1, 0.15) is 11.1 Å². The summed E-state index contributed by atoms with van der Waals surface area (Å²) >= 11 is 1.56. The molecule has 4 rings (SSSR count). The Hall–Kier alpha value is -2.26. The first-order chi connectivity index (χ1) is 11.3. The van der Waals surface area contributed by atoms with Crippen molar-refractivity contribution in [1.82, 2.24) is 0 Å². The predicted octanol–water partition coefficient (Wildman–Crippen LogP) is 4.67. The van der Waals surface area contributed by atoms with Gasteiger partial charge in [-0.05, 0) is 47.6 Å². The molecule has 1 aliphatic carbocycles. The molecule has 0 saturated heterocycles. The molecule has 0 aromatic heterocycles. The number of carbonyl (C=O) groups excluding carboxylic acids is 1. The van der Waals surface area contributed by atoms with Crippen molar-refractivity contribution >= 4 is 34.1 Å². The summed E-state index contributed by atoms with van der Waals surface area (Å²) < 4.78 is 0. The molecule has 0 saturated carbocycles. The van der Waals surface area contributed by atoms with E-state index >= 15 is 0 Å². The number of rotatable bonds is 4. The number of benzene rings is 3. The summed E-state index contributed by atoms with van der Waals surface area (Å²) in [7, 11) is 0. The Bertz CT molecular complexity index is 863. The fourth-order valence-corrected chi connectivity index (χ4v) is 3.93. The Balaban J connectivity index is 1.53. The van der Waals surface area contributed by atoms with E-state index in [1.54, 1.807) is 11.8 Å². The minimum atomic E-state index is 0.0394. The van der Waals surface area contributed by atoms with Gasteiger partial charge in [0.15, 0.2) is 0 Å². The van der Waals surface area contributed by atoms with Crippen molar-refractivity contribution in [3.05, 3.63) is 71.8 Å². The van der Waals surface area contributed by atoms with Crippen molar-refractivity contribution in [3.8, 4) is 0 Å². The van der Waals surface area contributed by atoms with Gasteiger partial charge in [0.1, 0.15) is 0 Å². The third-order valence-electron chi connectivity index (χ3n) is 4.26. The van der Waals surface area contributed by atoms with Gasteiger partial charge in [-0.15, -0.1) is 11.8 Å². The molecule has 0 fully saturated rings. The van der Waals surface area contributed by atoms with Crippen molar-refractivity contribution in [3.63, 3.8) is 0 Å². The lowest BCUT2D eigenvalue weighted by Crippen LogP contribution is -2.14. The van der Waals surface area contributed by atoms with Crippen LogP contribution in [0.15, 0.2) is 65.6 Å². The molecule has 3 aromatic carbocycles. The summed E-state index contributed by atoms with van der Waals surface area (Å²) in [5.41, 5.74) is 3.71. The van der Waals surface area contributed by atoms with Crippen molar-refractivity contribution in [2.45, 2.75) is 17.7 Å². The Morgan fingerprint density at radius 1 is 0.913 bits per heavy atom. The van der Waals surface area contributed by atoms with Gasteiger partial charge in [-0.25, -0.2) is 0 Å². The summed E-state index contributed by atoms with van der Waals surface area (Å²) in [4.78, 5) is 13.4. The number of thioether (sulfide) groups is 1. The third-order valence-corrected chi connectivity index (χ3v) is 5.28. The zero-order chi connectivity index (χ0) is 15.6. The van der Waals surface area contributed by atoms with Crippen molar-refractivity contribution in [1.29, 1.82) is 0 Å². The van der Waals surface area contributed by atoms with Gasteiger partial charge < -0.3 is 5.32 Å². The third kappa shape index (κ3) is 2.84. The molecule has 0 spiro atoms. The van der Waals surface area contributed by atoms with Gasteiger partial charge in [0.05, 0.1) is 5.75 Å². The molecular weight excluding hydrogens is 302 g/mol. The topological polar surface area (TPSA) is 29.1 Å². The highest BCUT2D eigenvalue weighted by molar-refractivity contribution is 8.00. The first-order valence-electron chi connectivity index (χ1n) is 7.82.